The van der Waals surface area contributed by atoms with Crippen LogP contribution in [0.2, 0.25) is 0 Å². The van der Waals surface area contributed by atoms with Crippen LogP contribution in [0.5, 0.6) is 11.5 Å². The second-order valence-corrected chi connectivity index (χ2v) is 8.72. The largest absolute Gasteiger partial charge is 0.454 e. The minimum atomic E-state index is -3.81. The van der Waals surface area contributed by atoms with Crippen LogP contribution in [0.3, 0.4) is 0 Å². The second kappa shape index (κ2) is 6.93. The maximum absolute atomic E-state index is 12.9. The molecule has 7 heteroatoms. The molecule has 4 rings (SSSR count). The van der Waals surface area contributed by atoms with E-state index in [1.807, 2.05) is 26.0 Å². The Morgan fingerprint density at radius 1 is 0.862 bits per heavy atom. The number of hydrogen-bond donors (Lipinski definition) is 2. The molecule has 29 heavy (non-hydrogen) atoms. The number of carbonyl (C=O) groups is 1. The molecule has 0 aliphatic carbocycles. The van der Waals surface area contributed by atoms with Gasteiger partial charge in [-0.05, 0) is 73.9 Å². The highest BCUT2D eigenvalue weighted by atomic mass is 32.2. The summed E-state index contributed by atoms with van der Waals surface area (Å²) in [5.41, 5.74) is 3.67. The number of benzene rings is 3. The Morgan fingerprint density at radius 3 is 2.38 bits per heavy atom. The van der Waals surface area contributed by atoms with Crippen LogP contribution in [0, 0.1) is 20.8 Å². The van der Waals surface area contributed by atoms with Crippen LogP contribution < -0.4 is 14.8 Å². The Morgan fingerprint density at radius 2 is 1.59 bits per heavy atom. The van der Waals surface area contributed by atoms with E-state index < -0.39 is 10.0 Å². The number of hydrogen-bond acceptors (Lipinski definition) is 4. The van der Waals surface area contributed by atoms with Gasteiger partial charge in [-0.2, -0.15) is 0 Å². The Hall–Kier alpha value is -3.32. The van der Waals surface area contributed by atoms with Crippen molar-refractivity contribution in [1.82, 2.24) is 0 Å². The minimum absolute atomic E-state index is 0.212. The fourth-order valence-corrected chi connectivity index (χ4v) is 4.62. The van der Waals surface area contributed by atoms with Crippen LogP contribution in [-0.2, 0) is 10.0 Å². The third kappa shape index (κ3) is 3.56. The molecule has 0 aromatic heterocycles. The molecule has 1 amide bonds. The molecular weight excluding hydrogens is 388 g/mol. The molecule has 1 aliphatic heterocycles. The number of amides is 1. The van der Waals surface area contributed by atoms with E-state index in [9.17, 15) is 13.2 Å². The third-order valence-corrected chi connectivity index (χ3v) is 6.44. The van der Waals surface area contributed by atoms with E-state index in [1.54, 1.807) is 43.3 Å². The fourth-order valence-electron chi connectivity index (χ4n) is 3.26. The van der Waals surface area contributed by atoms with Crippen LogP contribution in [0.15, 0.2) is 59.5 Å². The molecular formula is C22H20N2O4S. The highest BCUT2D eigenvalue weighted by molar-refractivity contribution is 7.92. The Balaban J connectivity index is 1.69. The molecule has 0 unspecified atom stereocenters. The summed E-state index contributed by atoms with van der Waals surface area (Å²) in [6.07, 6.45) is 0. The van der Waals surface area contributed by atoms with E-state index in [0.29, 0.717) is 22.7 Å². The first-order valence-electron chi connectivity index (χ1n) is 9.07. The predicted molar refractivity (Wildman–Crippen MR) is 112 cm³/mol. The SMILES string of the molecule is Cc1cc(C)c(S(=O)(=O)Nc2ccc3c(c2)C(=O)Nc2ccccc2O3)cc1C. The smallest absolute Gasteiger partial charge is 0.262 e. The summed E-state index contributed by atoms with van der Waals surface area (Å²) in [7, 11) is -3.81. The van der Waals surface area contributed by atoms with Gasteiger partial charge in [0, 0.05) is 5.69 Å². The summed E-state index contributed by atoms with van der Waals surface area (Å²) < 4.78 is 34.3. The number of rotatable bonds is 3. The molecule has 148 valence electrons. The van der Waals surface area contributed by atoms with Crippen molar-refractivity contribution in [3.05, 3.63) is 76.9 Å². The number of aryl methyl sites for hydroxylation is 3. The van der Waals surface area contributed by atoms with Crippen molar-refractivity contribution in [1.29, 1.82) is 0 Å². The average Bonchev–Trinajstić information content (AvgIpc) is 2.80. The van der Waals surface area contributed by atoms with Crippen molar-refractivity contribution >= 4 is 27.3 Å². The summed E-state index contributed by atoms with van der Waals surface area (Å²) in [5.74, 6) is 0.518. The van der Waals surface area contributed by atoms with Crippen molar-refractivity contribution in [2.24, 2.45) is 0 Å². The summed E-state index contributed by atoms with van der Waals surface area (Å²) in [5, 5.41) is 2.78. The van der Waals surface area contributed by atoms with Gasteiger partial charge in [-0.1, -0.05) is 18.2 Å². The van der Waals surface area contributed by atoms with Crippen molar-refractivity contribution in [3.63, 3.8) is 0 Å². The van der Waals surface area contributed by atoms with Gasteiger partial charge in [0.2, 0.25) is 0 Å². The zero-order valence-electron chi connectivity index (χ0n) is 16.2. The number of fused-ring (bicyclic) bond motifs is 2. The lowest BCUT2D eigenvalue weighted by atomic mass is 10.1. The topological polar surface area (TPSA) is 84.5 Å². The van der Waals surface area contributed by atoms with Crippen LogP contribution >= 0.6 is 0 Å². The lowest BCUT2D eigenvalue weighted by molar-refractivity contribution is 0.102. The first kappa shape index (κ1) is 19.0. The summed E-state index contributed by atoms with van der Waals surface area (Å²) in [6.45, 7) is 5.57. The highest BCUT2D eigenvalue weighted by Gasteiger charge is 2.23. The number of anilines is 2. The van der Waals surface area contributed by atoms with Crippen LogP contribution in [0.25, 0.3) is 0 Å². The van der Waals surface area contributed by atoms with E-state index in [1.165, 1.54) is 6.07 Å². The van der Waals surface area contributed by atoms with E-state index >= 15 is 0 Å². The standard InChI is InChI=1S/C22H20N2O4S/c1-13-10-15(3)21(11-14(13)2)29(26,27)24-16-8-9-19-17(12-16)22(25)23-18-6-4-5-7-20(18)28-19/h4-12,24H,1-3H3,(H,23,25). The van der Waals surface area contributed by atoms with Gasteiger partial charge in [0.05, 0.1) is 16.1 Å². The molecule has 2 N–H and O–H groups in total. The van der Waals surface area contributed by atoms with Gasteiger partial charge in [-0.3, -0.25) is 9.52 Å². The molecule has 1 heterocycles. The van der Waals surface area contributed by atoms with Crippen LogP contribution in [0.1, 0.15) is 27.0 Å². The zero-order valence-corrected chi connectivity index (χ0v) is 17.1. The van der Waals surface area contributed by atoms with Crippen molar-refractivity contribution in [3.8, 4) is 11.5 Å². The van der Waals surface area contributed by atoms with Crippen molar-refractivity contribution < 1.29 is 17.9 Å². The maximum atomic E-state index is 12.9. The van der Waals surface area contributed by atoms with Gasteiger partial charge in [0.25, 0.3) is 15.9 Å². The maximum Gasteiger partial charge on any atom is 0.262 e. The molecule has 0 saturated heterocycles. The minimum Gasteiger partial charge on any atom is -0.454 e. The number of para-hydroxylation sites is 2. The molecule has 6 nitrogen and oxygen atoms in total. The highest BCUT2D eigenvalue weighted by Crippen LogP contribution is 2.36. The molecule has 0 spiro atoms. The van der Waals surface area contributed by atoms with E-state index in [0.717, 1.165) is 11.1 Å². The molecule has 0 atom stereocenters. The number of carbonyl (C=O) groups excluding carboxylic acids is 1. The molecule has 0 bridgehead atoms. The van der Waals surface area contributed by atoms with Gasteiger partial charge in [-0.15, -0.1) is 0 Å². The quantitative estimate of drug-likeness (QED) is 0.654. The van der Waals surface area contributed by atoms with E-state index in [2.05, 4.69) is 10.0 Å². The lowest BCUT2D eigenvalue weighted by Gasteiger charge is -2.14. The summed E-state index contributed by atoms with van der Waals surface area (Å²) in [6, 6.07) is 15.2. The van der Waals surface area contributed by atoms with Gasteiger partial charge in [0.15, 0.2) is 5.75 Å². The summed E-state index contributed by atoms with van der Waals surface area (Å²) in [4.78, 5) is 12.8. The molecule has 0 saturated carbocycles. The lowest BCUT2D eigenvalue weighted by Crippen LogP contribution is -2.16. The first-order chi connectivity index (χ1) is 13.7. The van der Waals surface area contributed by atoms with Gasteiger partial charge >= 0.3 is 0 Å². The van der Waals surface area contributed by atoms with Crippen molar-refractivity contribution in [2.45, 2.75) is 25.7 Å². The number of ether oxygens (including phenoxy) is 1. The first-order valence-corrected chi connectivity index (χ1v) is 10.6. The van der Waals surface area contributed by atoms with E-state index in [4.69, 9.17) is 4.74 Å². The molecule has 1 aliphatic rings. The number of sulfonamides is 1. The molecule has 3 aromatic carbocycles. The van der Waals surface area contributed by atoms with Gasteiger partial charge < -0.3 is 10.1 Å². The van der Waals surface area contributed by atoms with Gasteiger partial charge in [0.1, 0.15) is 5.75 Å². The van der Waals surface area contributed by atoms with E-state index in [-0.39, 0.29) is 22.1 Å². The Kier molecular flexibility index (Phi) is 4.55. The van der Waals surface area contributed by atoms with Crippen molar-refractivity contribution in [2.75, 3.05) is 10.0 Å². The third-order valence-electron chi connectivity index (χ3n) is 4.91. The predicted octanol–water partition coefficient (Wildman–Crippen LogP) is 4.77. The normalized spacial score (nSPS) is 12.9. The monoisotopic (exact) mass is 408 g/mol. The molecule has 3 aromatic rings. The Labute approximate surface area is 169 Å². The molecule has 0 fully saturated rings. The summed E-state index contributed by atoms with van der Waals surface area (Å²) >= 11 is 0. The van der Waals surface area contributed by atoms with Crippen LogP contribution in [0.4, 0.5) is 11.4 Å². The van der Waals surface area contributed by atoms with Crippen LogP contribution in [-0.4, -0.2) is 14.3 Å². The molecule has 0 radical (unpaired) electrons. The Bertz CT molecular complexity index is 1250. The average molecular weight is 408 g/mol. The number of nitrogens with one attached hydrogen (secondary N) is 2. The fraction of sp³-hybridized carbons (Fsp3) is 0.136. The second-order valence-electron chi connectivity index (χ2n) is 7.07. The zero-order chi connectivity index (χ0) is 20.8. The van der Waals surface area contributed by atoms with Gasteiger partial charge in [-0.25, -0.2) is 8.42 Å².